The van der Waals surface area contributed by atoms with Crippen LogP contribution in [0.15, 0.2) is 59.5 Å². The Bertz CT molecular complexity index is 1130. The minimum atomic E-state index is -4.46. The van der Waals surface area contributed by atoms with Crippen molar-refractivity contribution in [2.45, 2.75) is 68.5 Å². The summed E-state index contributed by atoms with van der Waals surface area (Å²) in [6.07, 6.45) is -2.66. The van der Waals surface area contributed by atoms with Gasteiger partial charge in [0.25, 0.3) is 0 Å². The van der Waals surface area contributed by atoms with E-state index in [-0.39, 0.29) is 16.9 Å². The Balaban J connectivity index is -0.000000428. The maximum Gasteiger partial charge on any atom is 0.416 e. The molecule has 0 saturated carbocycles. The Hall–Kier alpha value is -3.47. The summed E-state index contributed by atoms with van der Waals surface area (Å²) in [5.74, 6) is -1.15. The number of hydrogen-bond donors (Lipinski definition) is 0. The number of halogens is 5. The third kappa shape index (κ3) is 16.0. The van der Waals surface area contributed by atoms with E-state index in [1.165, 1.54) is 13.0 Å². The van der Waals surface area contributed by atoms with Crippen LogP contribution in [-0.4, -0.2) is 4.57 Å². The molecule has 0 aliphatic rings. The van der Waals surface area contributed by atoms with Gasteiger partial charge in [0.05, 0.1) is 17.2 Å². The molecule has 0 unspecified atom stereocenters. The molecule has 206 valence electrons. The molecule has 0 bridgehead atoms. The topological polar surface area (TPSA) is 45.8 Å². The zero-order chi connectivity index (χ0) is 29.8. The third-order valence-corrected chi connectivity index (χ3v) is 4.03. The van der Waals surface area contributed by atoms with Crippen LogP contribution in [0.3, 0.4) is 0 Å². The molecule has 3 rings (SSSR count). The maximum atomic E-state index is 12.6. The van der Waals surface area contributed by atoms with Gasteiger partial charge in [-0.1, -0.05) is 59.7 Å². The van der Waals surface area contributed by atoms with E-state index >= 15 is 0 Å². The molecule has 0 fully saturated rings. The summed E-state index contributed by atoms with van der Waals surface area (Å²) in [7, 11) is 1.75. The van der Waals surface area contributed by atoms with Gasteiger partial charge in [-0.15, -0.1) is 0 Å². The first-order valence-corrected chi connectivity index (χ1v) is 12.0. The highest BCUT2D eigenvalue weighted by Crippen LogP contribution is 2.29. The zero-order valence-corrected chi connectivity index (χ0v) is 23.4. The fraction of sp³-hybridized carbons (Fsp3) is 0.379. The van der Waals surface area contributed by atoms with Crippen molar-refractivity contribution in [2.75, 3.05) is 0 Å². The lowest BCUT2D eigenvalue weighted by molar-refractivity contribution is -0.137. The molecule has 37 heavy (non-hydrogen) atoms. The van der Waals surface area contributed by atoms with Crippen LogP contribution in [0.2, 0.25) is 0 Å². The summed E-state index contributed by atoms with van der Waals surface area (Å²) in [6.45, 7) is 17.0. The van der Waals surface area contributed by atoms with Crippen molar-refractivity contribution in [2.24, 2.45) is 7.05 Å². The quantitative estimate of drug-likeness (QED) is 0.275. The van der Waals surface area contributed by atoms with Crippen molar-refractivity contribution in [1.29, 1.82) is 5.26 Å². The largest absolute Gasteiger partial charge is 0.416 e. The fourth-order valence-electron chi connectivity index (χ4n) is 2.16. The molecule has 0 radical (unpaired) electrons. The van der Waals surface area contributed by atoms with E-state index in [0.29, 0.717) is 17.2 Å². The number of rotatable bonds is 0. The van der Waals surface area contributed by atoms with E-state index in [2.05, 4.69) is 0 Å². The fourth-order valence-corrected chi connectivity index (χ4v) is 2.16. The molecular weight excluding hydrogens is 487 g/mol. The van der Waals surface area contributed by atoms with Crippen LogP contribution < -0.4 is 5.56 Å². The highest BCUT2D eigenvalue weighted by Gasteiger charge is 2.30. The minimum absolute atomic E-state index is 0.0422. The van der Waals surface area contributed by atoms with Gasteiger partial charge in [0.15, 0.2) is 0 Å². The van der Waals surface area contributed by atoms with Crippen LogP contribution in [0.4, 0.5) is 22.0 Å². The van der Waals surface area contributed by atoms with Crippen molar-refractivity contribution >= 4 is 0 Å². The summed E-state index contributed by atoms with van der Waals surface area (Å²) < 4.78 is 62.6. The predicted octanol–water partition coefficient (Wildman–Crippen LogP) is 8.93. The first-order chi connectivity index (χ1) is 17.3. The van der Waals surface area contributed by atoms with Gasteiger partial charge < -0.3 is 4.57 Å². The highest BCUT2D eigenvalue weighted by atomic mass is 19.4. The molecule has 0 aliphatic heterocycles. The van der Waals surface area contributed by atoms with Crippen molar-refractivity contribution in [3.05, 3.63) is 105 Å². The van der Waals surface area contributed by atoms with Crippen molar-refractivity contribution in [3.8, 4) is 6.07 Å². The van der Waals surface area contributed by atoms with Crippen molar-refractivity contribution < 1.29 is 22.0 Å². The summed E-state index contributed by atoms with van der Waals surface area (Å²) in [4.78, 5) is 10.7. The molecule has 8 heteroatoms. The molecule has 1 heterocycles. The van der Waals surface area contributed by atoms with Gasteiger partial charge >= 0.3 is 6.18 Å². The lowest BCUT2D eigenvalue weighted by Gasteiger charge is -2.06. The summed E-state index contributed by atoms with van der Waals surface area (Å²) in [5.41, 5.74) is 1.34. The highest BCUT2D eigenvalue weighted by molar-refractivity contribution is 5.32. The molecule has 0 saturated heterocycles. The van der Waals surface area contributed by atoms with Gasteiger partial charge in [-0.25, -0.2) is 8.78 Å². The van der Waals surface area contributed by atoms with Crippen LogP contribution in [0, 0.1) is 43.7 Å². The summed E-state index contributed by atoms with van der Waals surface area (Å²) >= 11 is 0. The molecule has 0 atom stereocenters. The van der Waals surface area contributed by atoms with Crippen LogP contribution in [0.1, 0.15) is 69.4 Å². The zero-order valence-electron chi connectivity index (χ0n) is 23.4. The Kier molecular flexibility index (Phi) is 21.3. The van der Waals surface area contributed by atoms with Gasteiger partial charge in [0, 0.05) is 19.3 Å². The average Bonchev–Trinajstić information content (AvgIpc) is 2.89. The second kappa shape index (κ2) is 20.7. The standard InChI is InChI=1S/C8H6F4.C8H6FN.C7H9NO.3C2H6/c1-5-2-3-6(4-7(5)9)8(10,11)12;1-6-2-3-7(5-10)4-8(6)9;1-6-3-4-7(9)8(2)5-6;3*1-2/h2-4H,1H3;2-4H,1H3;3-5H,1-2H3;3*1-2H3. The van der Waals surface area contributed by atoms with E-state index in [0.717, 1.165) is 17.7 Å². The Morgan fingerprint density at radius 3 is 1.57 bits per heavy atom. The van der Waals surface area contributed by atoms with Gasteiger partial charge in [-0.05, 0) is 61.7 Å². The molecule has 0 amide bonds. The van der Waals surface area contributed by atoms with Crippen molar-refractivity contribution in [1.82, 2.24) is 4.57 Å². The van der Waals surface area contributed by atoms with E-state index in [1.807, 2.05) is 66.8 Å². The Morgan fingerprint density at radius 2 is 1.22 bits per heavy atom. The minimum Gasteiger partial charge on any atom is -0.318 e. The van der Waals surface area contributed by atoms with E-state index in [9.17, 15) is 26.7 Å². The lowest BCUT2D eigenvalue weighted by Crippen LogP contribution is -2.13. The number of benzene rings is 2. The van der Waals surface area contributed by atoms with E-state index in [4.69, 9.17) is 5.26 Å². The average molecular weight is 527 g/mol. The van der Waals surface area contributed by atoms with E-state index < -0.39 is 17.6 Å². The van der Waals surface area contributed by atoms with Crippen LogP contribution in [0.5, 0.6) is 0 Å². The number of hydrogen-bond acceptors (Lipinski definition) is 2. The molecule has 3 aromatic rings. The van der Waals surface area contributed by atoms with E-state index in [1.54, 1.807) is 36.7 Å². The second-order valence-electron chi connectivity index (χ2n) is 6.69. The molecule has 0 spiro atoms. The van der Waals surface area contributed by atoms with Crippen molar-refractivity contribution in [3.63, 3.8) is 0 Å². The number of alkyl halides is 3. The lowest BCUT2D eigenvalue weighted by atomic mass is 10.1. The summed E-state index contributed by atoms with van der Waals surface area (Å²) in [6, 6.07) is 12.1. The Labute approximate surface area is 218 Å². The molecule has 2 aromatic carbocycles. The number of aromatic nitrogens is 1. The summed E-state index contributed by atoms with van der Waals surface area (Å²) in [5, 5.41) is 8.34. The van der Waals surface area contributed by atoms with Crippen LogP contribution in [0.25, 0.3) is 0 Å². The first kappa shape index (κ1) is 38.1. The second-order valence-corrected chi connectivity index (χ2v) is 6.69. The number of nitriles is 1. The monoisotopic (exact) mass is 526 g/mol. The number of nitrogens with zero attached hydrogens (tertiary/aromatic N) is 2. The maximum absolute atomic E-state index is 12.6. The van der Waals surface area contributed by atoms with Crippen LogP contribution >= 0.6 is 0 Å². The van der Waals surface area contributed by atoms with Crippen LogP contribution in [-0.2, 0) is 13.2 Å². The number of pyridine rings is 1. The first-order valence-electron chi connectivity index (χ1n) is 12.0. The molecule has 1 aromatic heterocycles. The third-order valence-electron chi connectivity index (χ3n) is 4.03. The Morgan fingerprint density at radius 1 is 0.757 bits per heavy atom. The molecule has 0 N–H and O–H groups in total. The normalized spacial score (nSPS) is 9.03. The molecule has 3 nitrogen and oxygen atoms in total. The number of aryl methyl sites for hydroxylation is 4. The van der Waals surface area contributed by atoms with Gasteiger partial charge in [0.1, 0.15) is 11.6 Å². The smallest absolute Gasteiger partial charge is 0.318 e. The molecular formula is C29H39F5N2O. The van der Waals surface area contributed by atoms with Gasteiger partial charge in [-0.3, -0.25) is 4.79 Å². The van der Waals surface area contributed by atoms with Gasteiger partial charge in [0.2, 0.25) is 5.56 Å². The molecule has 0 aliphatic carbocycles. The predicted molar refractivity (Wildman–Crippen MR) is 142 cm³/mol. The van der Waals surface area contributed by atoms with Gasteiger partial charge in [-0.2, -0.15) is 18.4 Å². The SMILES string of the molecule is CC.CC.CC.Cc1ccc(=O)n(C)c1.Cc1ccc(C#N)cc1F.Cc1ccc(C(F)(F)F)cc1F.